The summed E-state index contributed by atoms with van der Waals surface area (Å²) in [6.45, 7) is 3.41. The predicted molar refractivity (Wildman–Crippen MR) is 76.6 cm³/mol. The third-order valence-electron chi connectivity index (χ3n) is 3.34. The van der Waals surface area contributed by atoms with Gasteiger partial charge in [0.15, 0.2) is 17.3 Å². The average molecular weight is 271 g/mol. The second-order valence-electron chi connectivity index (χ2n) is 5.20. The minimum absolute atomic E-state index is 0.00142. The monoisotopic (exact) mass is 271 g/mol. The van der Waals surface area contributed by atoms with E-state index >= 15 is 0 Å². The van der Waals surface area contributed by atoms with E-state index in [1.165, 1.54) is 13.1 Å². The van der Waals surface area contributed by atoms with Gasteiger partial charge in [0.1, 0.15) is 0 Å². The van der Waals surface area contributed by atoms with Gasteiger partial charge in [-0.1, -0.05) is 6.92 Å². The normalized spacial score (nSPS) is 18.9. The van der Waals surface area contributed by atoms with Crippen molar-refractivity contribution in [3.05, 3.63) is 41.6 Å². The Kier molecular flexibility index (Phi) is 4.13. The van der Waals surface area contributed by atoms with Crippen molar-refractivity contribution in [2.75, 3.05) is 5.32 Å². The van der Waals surface area contributed by atoms with Crippen LogP contribution >= 0.6 is 0 Å². The van der Waals surface area contributed by atoms with Gasteiger partial charge in [-0.2, -0.15) is 0 Å². The lowest BCUT2D eigenvalue weighted by atomic mass is 9.85. The van der Waals surface area contributed by atoms with E-state index in [1.807, 2.05) is 6.92 Å². The first-order valence-corrected chi connectivity index (χ1v) is 6.61. The molecule has 1 aliphatic rings. The Morgan fingerprint density at radius 2 is 1.70 bits per heavy atom. The number of ketones is 3. The van der Waals surface area contributed by atoms with Crippen molar-refractivity contribution in [1.82, 2.24) is 0 Å². The van der Waals surface area contributed by atoms with Crippen LogP contribution in [0.15, 0.2) is 36.0 Å². The van der Waals surface area contributed by atoms with Gasteiger partial charge in [0.05, 0.1) is 5.57 Å². The zero-order chi connectivity index (χ0) is 14.7. The van der Waals surface area contributed by atoms with E-state index < -0.39 is 0 Å². The molecule has 0 heterocycles. The van der Waals surface area contributed by atoms with Crippen LogP contribution in [0, 0.1) is 5.92 Å². The summed E-state index contributed by atoms with van der Waals surface area (Å²) >= 11 is 0. The molecule has 0 aliphatic heterocycles. The van der Waals surface area contributed by atoms with Crippen LogP contribution in [-0.4, -0.2) is 17.3 Å². The van der Waals surface area contributed by atoms with Crippen LogP contribution in [0.3, 0.4) is 0 Å². The summed E-state index contributed by atoms with van der Waals surface area (Å²) < 4.78 is 0. The van der Waals surface area contributed by atoms with E-state index in [0.29, 0.717) is 18.4 Å². The molecule has 4 heteroatoms. The molecule has 0 spiro atoms. The molecule has 1 aromatic carbocycles. The maximum atomic E-state index is 11.8. The molecule has 0 unspecified atom stereocenters. The van der Waals surface area contributed by atoms with Gasteiger partial charge in [-0.3, -0.25) is 14.4 Å². The number of Topliss-reactive ketones (excluding diaryl/α,β-unsaturated/α-hetero) is 3. The predicted octanol–water partition coefficient (Wildman–Crippen LogP) is 2.75. The minimum Gasteiger partial charge on any atom is -0.361 e. The quantitative estimate of drug-likeness (QED) is 0.521. The van der Waals surface area contributed by atoms with E-state index in [-0.39, 0.29) is 28.8 Å². The molecule has 1 aromatic rings. The largest absolute Gasteiger partial charge is 0.361 e. The second-order valence-corrected chi connectivity index (χ2v) is 5.20. The average Bonchev–Trinajstić information content (AvgIpc) is 2.38. The Bertz CT molecular complexity index is 564. The molecule has 1 aliphatic carbocycles. The van der Waals surface area contributed by atoms with E-state index in [9.17, 15) is 14.4 Å². The number of hydrogen-bond acceptors (Lipinski definition) is 4. The number of rotatable bonds is 3. The van der Waals surface area contributed by atoms with Gasteiger partial charge in [-0.15, -0.1) is 0 Å². The van der Waals surface area contributed by atoms with Crippen molar-refractivity contribution in [2.45, 2.75) is 26.7 Å². The van der Waals surface area contributed by atoms with Gasteiger partial charge in [0.25, 0.3) is 0 Å². The van der Waals surface area contributed by atoms with Gasteiger partial charge in [0.2, 0.25) is 0 Å². The van der Waals surface area contributed by atoms with Gasteiger partial charge < -0.3 is 5.32 Å². The van der Waals surface area contributed by atoms with E-state index in [2.05, 4.69) is 5.32 Å². The topological polar surface area (TPSA) is 63.2 Å². The van der Waals surface area contributed by atoms with E-state index in [4.69, 9.17) is 0 Å². The van der Waals surface area contributed by atoms with Crippen LogP contribution < -0.4 is 5.32 Å². The maximum absolute atomic E-state index is 11.8. The van der Waals surface area contributed by atoms with Crippen molar-refractivity contribution in [2.24, 2.45) is 5.92 Å². The summed E-state index contributed by atoms with van der Waals surface area (Å²) in [6, 6.07) is 6.90. The lowest BCUT2D eigenvalue weighted by Crippen LogP contribution is -2.25. The second kappa shape index (κ2) is 5.82. The van der Waals surface area contributed by atoms with Gasteiger partial charge >= 0.3 is 0 Å². The number of carbonyl (C=O) groups is 3. The Hall–Kier alpha value is -2.23. The van der Waals surface area contributed by atoms with Crippen LogP contribution in [0.25, 0.3) is 0 Å². The standard InChI is InChI=1S/C16H17NO3/c1-10-7-15(19)14(16(20)8-10)9-17-13-5-3-12(4-6-13)11(2)18/h3-6,9-10,17H,7-8H2,1-2H3. The van der Waals surface area contributed by atoms with Gasteiger partial charge in [-0.05, 0) is 37.1 Å². The van der Waals surface area contributed by atoms with Crippen molar-refractivity contribution < 1.29 is 14.4 Å². The van der Waals surface area contributed by atoms with Gasteiger partial charge in [0, 0.05) is 30.3 Å². The molecule has 1 saturated carbocycles. The molecule has 0 aromatic heterocycles. The molecule has 104 valence electrons. The molecular formula is C16H17NO3. The molecule has 1 N–H and O–H groups in total. The highest BCUT2D eigenvalue weighted by molar-refractivity contribution is 6.22. The van der Waals surface area contributed by atoms with Gasteiger partial charge in [-0.25, -0.2) is 0 Å². The first-order chi connectivity index (χ1) is 9.47. The number of benzene rings is 1. The zero-order valence-corrected chi connectivity index (χ0v) is 11.6. The summed E-state index contributed by atoms with van der Waals surface area (Å²) in [5, 5.41) is 2.94. The van der Waals surface area contributed by atoms with Crippen molar-refractivity contribution in [3.63, 3.8) is 0 Å². The highest BCUT2D eigenvalue weighted by atomic mass is 16.2. The molecule has 4 nitrogen and oxygen atoms in total. The van der Waals surface area contributed by atoms with Crippen molar-refractivity contribution >= 4 is 23.0 Å². The molecule has 20 heavy (non-hydrogen) atoms. The number of hydrogen-bond donors (Lipinski definition) is 1. The Labute approximate surface area is 117 Å². The lowest BCUT2D eigenvalue weighted by molar-refractivity contribution is -0.125. The molecule has 0 atom stereocenters. The highest BCUT2D eigenvalue weighted by Gasteiger charge is 2.27. The first-order valence-electron chi connectivity index (χ1n) is 6.61. The number of carbonyl (C=O) groups excluding carboxylic acids is 3. The fourth-order valence-electron chi connectivity index (χ4n) is 2.20. The Balaban J connectivity index is 2.10. The molecule has 0 radical (unpaired) electrons. The van der Waals surface area contributed by atoms with Crippen LogP contribution in [-0.2, 0) is 9.59 Å². The number of allylic oxidation sites excluding steroid dienone is 1. The van der Waals surface area contributed by atoms with E-state index in [1.54, 1.807) is 24.3 Å². The van der Waals surface area contributed by atoms with Crippen molar-refractivity contribution in [3.8, 4) is 0 Å². The molecular weight excluding hydrogens is 254 g/mol. The Morgan fingerprint density at radius 3 is 2.20 bits per heavy atom. The lowest BCUT2D eigenvalue weighted by Gasteiger charge is -2.17. The van der Waals surface area contributed by atoms with Crippen LogP contribution in [0.4, 0.5) is 5.69 Å². The number of anilines is 1. The van der Waals surface area contributed by atoms with Crippen LogP contribution in [0.2, 0.25) is 0 Å². The summed E-state index contributed by atoms with van der Waals surface area (Å²) in [5.41, 5.74) is 1.60. The summed E-state index contributed by atoms with van der Waals surface area (Å²) in [5.74, 6) is -0.0910. The maximum Gasteiger partial charge on any atom is 0.168 e. The fraction of sp³-hybridized carbons (Fsp3) is 0.312. The molecule has 1 fully saturated rings. The molecule has 0 saturated heterocycles. The summed E-state index contributed by atoms with van der Waals surface area (Å²) in [4.78, 5) is 34.8. The molecule has 0 bridgehead atoms. The van der Waals surface area contributed by atoms with Crippen LogP contribution in [0.5, 0.6) is 0 Å². The van der Waals surface area contributed by atoms with Crippen molar-refractivity contribution in [1.29, 1.82) is 0 Å². The minimum atomic E-state index is -0.110. The summed E-state index contributed by atoms with van der Waals surface area (Å²) in [7, 11) is 0. The molecule has 0 amide bonds. The van der Waals surface area contributed by atoms with E-state index in [0.717, 1.165) is 5.69 Å². The summed E-state index contributed by atoms with van der Waals surface area (Å²) in [6.07, 6.45) is 2.31. The Morgan fingerprint density at radius 1 is 1.15 bits per heavy atom. The third kappa shape index (κ3) is 3.20. The third-order valence-corrected chi connectivity index (χ3v) is 3.34. The van der Waals surface area contributed by atoms with Crippen LogP contribution in [0.1, 0.15) is 37.0 Å². The SMILES string of the molecule is CC(=O)c1ccc(NC=C2C(=O)CC(C)CC2=O)cc1. The fourth-order valence-corrected chi connectivity index (χ4v) is 2.20. The zero-order valence-electron chi connectivity index (χ0n) is 11.6. The molecule has 2 rings (SSSR count). The smallest absolute Gasteiger partial charge is 0.168 e. The number of nitrogens with one attached hydrogen (secondary N) is 1. The highest BCUT2D eigenvalue weighted by Crippen LogP contribution is 2.22. The first kappa shape index (κ1) is 14.2.